The highest BCUT2D eigenvalue weighted by molar-refractivity contribution is 5.78. The van der Waals surface area contributed by atoms with Crippen molar-refractivity contribution in [2.75, 3.05) is 6.61 Å². The molecule has 2 atom stereocenters. The van der Waals surface area contributed by atoms with Crippen LogP contribution in [0.4, 0.5) is 13.6 Å². The number of carbonyl (C=O) groups is 2. The lowest BCUT2D eigenvalue weighted by molar-refractivity contribution is -0.191. The first-order valence-electron chi connectivity index (χ1n) is 9.20. The fourth-order valence-electron chi connectivity index (χ4n) is 3.11. The number of aliphatic hydroxyl groups excluding tert-OH is 1. The van der Waals surface area contributed by atoms with Crippen LogP contribution in [0.25, 0.3) is 0 Å². The van der Waals surface area contributed by atoms with E-state index in [4.69, 9.17) is 4.74 Å². The summed E-state index contributed by atoms with van der Waals surface area (Å²) >= 11 is 0. The number of aliphatic hydroxyl groups is 1. The van der Waals surface area contributed by atoms with Gasteiger partial charge >= 0.3 is 18.0 Å². The number of hydrogen-bond acceptors (Lipinski definition) is 5. The molecule has 8 heteroatoms. The molecule has 0 aromatic rings. The van der Waals surface area contributed by atoms with Crippen molar-refractivity contribution < 1.29 is 33.0 Å². The van der Waals surface area contributed by atoms with E-state index in [9.17, 15) is 23.5 Å². The zero-order valence-corrected chi connectivity index (χ0v) is 16.0. The molecule has 1 fully saturated rings. The van der Waals surface area contributed by atoms with Crippen LogP contribution in [-0.2, 0) is 14.3 Å². The van der Waals surface area contributed by atoms with E-state index in [0.717, 1.165) is 32.1 Å². The first-order valence-corrected chi connectivity index (χ1v) is 9.20. The molecule has 0 radical (unpaired) electrons. The van der Waals surface area contributed by atoms with E-state index in [1.54, 1.807) is 20.8 Å². The molecule has 1 aliphatic rings. The third-order valence-electron chi connectivity index (χ3n) is 4.31. The Kier molecular flexibility index (Phi) is 8.24. The Morgan fingerprint density at radius 2 is 1.77 bits per heavy atom. The van der Waals surface area contributed by atoms with Crippen LogP contribution in [-0.4, -0.2) is 47.4 Å². The highest BCUT2D eigenvalue weighted by atomic mass is 19.3. The number of alkyl halides is 2. The normalized spacial score (nSPS) is 18.7. The Labute approximate surface area is 153 Å². The van der Waals surface area contributed by atoms with Crippen molar-refractivity contribution in [2.45, 2.75) is 89.9 Å². The number of alkyl carbamates (subject to hydrolysis) is 1. The summed E-state index contributed by atoms with van der Waals surface area (Å²) in [4.78, 5) is 23.6. The van der Waals surface area contributed by atoms with Crippen LogP contribution in [0.15, 0.2) is 0 Å². The van der Waals surface area contributed by atoms with Crippen LogP contribution in [0.1, 0.15) is 66.2 Å². The first-order chi connectivity index (χ1) is 12.0. The standard InChI is InChI=1S/C18H31F2NO5/c1-5-25-15(23)18(19,20)14(22)13(11-12-9-7-6-8-10-12)21-16(24)26-17(2,3)4/h12-14,22H,5-11H2,1-4H3,(H,21,24)/t13-,14+/m0/s1. The van der Waals surface area contributed by atoms with E-state index in [-0.39, 0.29) is 18.9 Å². The van der Waals surface area contributed by atoms with E-state index in [0.29, 0.717) is 0 Å². The molecule has 0 aliphatic heterocycles. The van der Waals surface area contributed by atoms with Gasteiger partial charge < -0.3 is 19.9 Å². The second-order valence-electron chi connectivity index (χ2n) is 7.78. The Morgan fingerprint density at radius 3 is 2.27 bits per heavy atom. The van der Waals surface area contributed by atoms with Gasteiger partial charge in [0.15, 0.2) is 0 Å². The molecule has 6 nitrogen and oxygen atoms in total. The van der Waals surface area contributed by atoms with Gasteiger partial charge in [-0.25, -0.2) is 9.59 Å². The number of carbonyl (C=O) groups excluding carboxylic acids is 2. The molecule has 0 heterocycles. The number of nitrogens with one attached hydrogen (secondary N) is 1. The van der Waals surface area contributed by atoms with Crippen molar-refractivity contribution in [3.8, 4) is 0 Å². The van der Waals surface area contributed by atoms with Crippen LogP contribution in [0.3, 0.4) is 0 Å². The zero-order valence-electron chi connectivity index (χ0n) is 16.0. The topological polar surface area (TPSA) is 84.9 Å². The van der Waals surface area contributed by atoms with Crippen LogP contribution < -0.4 is 5.32 Å². The highest BCUT2D eigenvalue weighted by Gasteiger charge is 2.52. The Bertz CT molecular complexity index is 473. The third kappa shape index (κ3) is 7.05. The summed E-state index contributed by atoms with van der Waals surface area (Å²) < 4.78 is 38.0. The molecular weight excluding hydrogens is 348 g/mol. The van der Waals surface area contributed by atoms with E-state index in [1.807, 2.05) is 0 Å². The molecule has 1 aliphatic carbocycles. The molecule has 26 heavy (non-hydrogen) atoms. The maximum absolute atomic E-state index is 14.3. The number of amides is 1. The van der Waals surface area contributed by atoms with Gasteiger partial charge in [-0.3, -0.25) is 0 Å². The molecule has 0 bridgehead atoms. The van der Waals surface area contributed by atoms with E-state index in [2.05, 4.69) is 10.1 Å². The van der Waals surface area contributed by atoms with Gasteiger partial charge in [-0.2, -0.15) is 8.78 Å². The van der Waals surface area contributed by atoms with E-state index >= 15 is 0 Å². The monoisotopic (exact) mass is 379 g/mol. The van der Waals surface area contributed by atoms with Gasteiger partial charge in [0.1, 0.15) is 11.7 Å². The third-order valence-corrected chi connectivity index (χ3v) is 4.31. The van der Waals surface area contributed by atoms with Gasteiger partial charge in [0.05, 0.1) is 12.6 Å². The summed E-state index contributed by atoms with van der Waals surface area (Å²) in [6.07, 6.45) is 1.57. The fourth-order valence-corrected chi connectivity index (χ4v) is 3.11. The number of esters is 1. The van der Waals surface area contributed by atoms with Crippen molar-refractivity contribution in [2.24, 2.45) is 5.92 Å². The molecule has 0 saturated heterocycles. The number of rotatable bonds is 7. The fraction of sp³-hybridized carbons (Fsp3) is 0.889. The lowest BCUT2D eigenvalue weighted by Crippen LogP contribution is -2.56. The highest BCUT2D eigenvalue weighted by Crippen LogP contribution is 2.31. The SMILES string of the molecule is CCOC(=O)C(F)(F)[C@H](O)[C@H](CC1CCCCC1)NC(=O)OC(C)(C)C. The minimum absolute atomic E-state index is 0.0938. The summed E-state index contributed by atoms with van der Waals surface area (Å²) in [5.41, 5.74) is -0.811. The molecule has 0 spiro atoms. The average Bonchev–Trinajstić information content (AvgIpc) is 2.53. The lowest BCUT2D eigenvalue weighted by atomic mass is 9.83. The summed E-state index contributed by atoms with van der Waals surface area (Å²) in [6, 6.07) is -1.31. The maximum Gasteiger partial charge on any atom is 0.407 e. The Balaban J connectivity index is 2.90. The van der Waals surface area contributed by atoms with E-state index in [1.165, 1.54) is 6.92 Å². The van der Waals surface area contributed by atoms with Crippen LogP contribution in [0, 0.1) is 5.92 Å². The van der Waals surface area contributed by atoms with Crippen LogP contribution in [0.2, 0.25) is 0 Å². The second kappa shape index (κ2) is 9.48. The molecule has 0 aromatic heterocycles. The smallest absolute Gasteiger partial charge is 0.407 e. The largest absolute Gasteiger partial charge is 0.461 e. The predicted molar refractivity (Wildman–Crippen MR) is 91.9 cm³/mol. The van der Waals surface area contributed by atoms with Gasteiger partial charge in [-0.15, -0.1) is 0 Å². The molecule has 1 saturated carbocycles. The molecule has 1 rings (SSSR count). The van der Waals surface area contributed by atoms with Crippen LogP contribution in [0.5, 0.6) is 0 Å². The number of hydrogen-bond donors (Lipinski definition) is 2. The minimum atomic E-state index is -4.12. The summed E-state index contributed by atoms with van der Waals surface area (Å²) in [6.45, 7) is 6.11. The van der Waals surface area contributed by atoms with Gasteiger partial charge in [-0.1, -0.05) is 32.1 Å². The summed E-state index contributed by atoms with van der Waals surface area (Å²) in [5.74, 6) is -5.83. The number of halogens is 2. The molecule has 2 N–H and O–H groups in total. The van der Waals surface area contributed by atoms with Gasteiger partial charge in [0, 0.05) is 0 Å². The molecule has 0 aromatic carbocycles. The average molecular weight is 379 g/mol. The molecular formula is C18H31F2NO5. The zero-order chi connectivity index (χ0) is 20.0. The maximum atomic E-state index is 14.3. The quantitative estimate of drug-likeness (QED) is 0.662. The van der Waals surface area contributed by atoms with Crippen molar-refractivity contribution in [1.82, 2.24) is 5.32 Å². The van der Waals surface area contributed by atoms with Crippen molar-refractivity contribution >= 4 is 12.1 Å². The van der Waals surface area contributed by atoms with Gasteiger partial charge in [0.2, 0.25) is 0 Å². The van der Waals surface area contributed by atoms with E-state index < -0.39 is 35.7 Å². The number of ether oxygens (including phenoxy) is 2. The molecule has 1 amide bonds. The van der Waals surface area contributed by atoms with Crippen molar-refractivity contribution in [1.29, 1.82) is 0 Å². The first kappa shape index (κ1) is 22.6. The van der Waals surface area contributed by atoms with Gasteiger partial charge in [-0.05, 0) is 40.0 Å². The molecule has 152 valence electrons. The Morgan fingerprint density at radius 1 is 1.19 bits per heavy atom. The Hall–Kier alpha value is -1.44. The van der Waals surface area contributed by atoms with Crippen LogP contribution >= 0.6 is 0 Å². The predicted octanol–water partition coefficient (Wildman–Crippen LogP) is 3.41. The molecule has 0 unspecified atom stereocenters. The van der Waals surface area contributed by atoms with Crippen molar-refractivity contribution in [3.05, 3.63) is 0 Å². The minimum Gasteiger partial charge on any atom is -0.461 e. The second-order valence-corrected chi connectivity index (χ2v) is 7.78. The van der Waals surface area contributed by atoms with Crippen molar-refractivity contribution in [3.63, 3.8) is 0 Å². The summed E-state index contributed by atoms with van der Waals surface area (Å²) in [7, 11) is 0. The lowest BCUT2D eigenvalue weighted by Gasteiger charge is -2.33. The summed E-state index contributed by atoms with van der Waals surface area (Å²) in [5, 5.41) is 12.5. The van der Waals surface area contributed by atoms with Gasteiger partial charge in [0.25, 0.3) is 0 Å².